The number of sulfonamides is 1. The average molecular weight is 521 g/mol. The van der Waals surface area contributed by atoms with Crippen molar-refractivity contribution < 1.29 is 31.1 Å². The Morgan fingerprint density at radius 3 is 2.42 bits per heavy atom. The molecule has 0 radical (unpaired) electrons. The van der Waals surface area contributed by atoms with Crippen LogP contribution < -0.4 is 14.4 Å². The number of ether oxygens (including phenoxy) is 2. The van der Waals surface area contributed by atoms with Crippen LogP contribution in [0.5, 0.6) is 5.75 Å². The van der Waals surface area contributed by atoms with Crippen molar-refractivity contribution in [1.82, 2.24) is 9.97 Å². The maximum Gasteiger partial charge on any atom is 0.416 e. The van der Waals surface area contributed by atoms with Gasteiger partial charge in [-0.25, -0.2) is 23.1 Å². The summed E-state index contributed by atoms with van der Waals surface area (Å²) in [7, 11) is -3.98. The summed E-state index contributed by atoms with van der Waals surface area (Å²) in [6.07, 6.45) is -1.09. The van der Waals surface area contributed by atoms with Crippen molar-refractivity contribution in [2.75, 3.05) is 42.5 Å². The zero-order valence-corrected chi connectivity index (χ0v) is 19.8. The third kappa shape index (κ3) is 4.96. The average Bonchev–Trinajstić information content (AvgIpc) is 2.88. The van der Waals surface area contributed by atoms with Crippen LogP contribution in [0.2, 0.25) is 0 Å². The van der Waals surface area contributed by atoms with E-state index in [2.05, 4.69) is 14.7 Å². The summed E-state index contributed by atoms with van der Waals surface area (Å²) in [6, 6.07) is 9.90. The van der Waals surface area contributed by atoms with Gasteiger partial charge in [0, 0.05) is 48.7 Å². The lowest BCUT2D eigenvalue weighted by molar-refractivity contribution is -0.137. The van der Waals surface area contributed by atoms with Crippen molar-refractivity contribution in [3.05, 3.63) is 71.5 Å². The van der Waals surface area contributed by atoms with E-state index in [1.165, 1.54) is 36.7 Å². The van der Waals surface area contributed by atoms with E-state index in [1.54, 1.807) is 12.1 Å². The lowest BCUT2D eigenvalue weighted by Crippen LogP contribution is -2.37. The van der Waals surface area contributed by atoms with E-state index in [9.17, 15) is 21.6 Å². The Balaban J connectivity index is 1.51. The molecule has 3 heterocycles. The number of rotatable bonds is 5. The SMILES string of the molecule is O=S(=O)(Nc1ncccn1)c1ccc2c(c1)OCCC2c1ccc(C(F)(F)F)cc1N1CCOCC1. The van der Waals surface area contributed by atoms with E-state index in [0.29, 0.717) is 56.3 Å². The second-order valence-electron chi connectivity index (χ2n) is 8.44. The van der Waals surface area contributed by atoms with Crippen molar-refractivity contribution in [3.63, 3.8) is 0 Å². The highest BCUT2D eigenvalue weighted by molar-refractivity contribution is 7.92. The first kappa shape index (κ1) is 24.3. The van der Waals surface area contributed by atoms with Gasteiger partial charge in [-0.2, -0.15) is 13.2 Å². The molecule has 3 aromatic rings. The fourth-order valence-corrected chi connectivity index (χ4v) is 5.46. The first-order valence-electron chi connectivity index (χ1n) is 11.3. The van der Waals surface area contributed by atoms with Gasteiger partial charge in [-0.15, -0.1) is 0 Å². The zero-order chi connectivity index (χ0) is 25.3. The Bertz CT molecular complexity index is 1350. The number of alkyl halides is 3. The van der Waals surface area contributed by atoms with Gasteiger partial charge < -0.3 is 14.4 Å². The normalized spacial score (nSPS) is 18.3. The molecule has 36 heavy (non-hydrogen) atoms. The number of anilines is 2. The highest BCUT2D eigenvalue weighted by Crippen LogP contribution is 2.44. The second kappa shape index (κ2) is 9.58. The number of nitrogens with zero attached hydrogens (tertiary/aromatic N) is 3. The number of benzene rings is 2. The minimum absolute atomic E-state index is 0.0322. The van der Waals surface area contributed by atoms with Gasteiger partial charge in [-0.1, -0.05) is 12.1 Å². The molecule has 1 fully saturated rings. The third-order valence-electron chi connectivity index (χ3n) is 6.21. The van der Waals surface area contributed by atoms with Gasteiger partial charge in [-0.05, 0) is 36.2 Å². The van der Waals surface area contributed by atoms with Crippen LogP contribution in [-0.2, 0) is 20.9 Å². The van der Waals surface area contributed by atoms with Gasteiger partial charge in [0.2, 0.25) is 5.95 Å². The number of morpholine rings is 1. The summed E-state index contributed by atoms with van der Waals surface area (Å²) in [6.45, 7) is 2.11. The van der Waals surface area contributed by atoms with Crippen LogP contribution in [0, 0.1) is 0 Å². The smallest absolute Gasteiger partial charge is 0.416 e. The van der Waals surface area contributed by atoms with Gasteiger partial charge in [-0.3, -0.25) is 0 Å². The topological polar surface area (TPSA) is 93.7 Å². The molecule has 8 nitrogen and oxygen atoms in total. The molecule has 2 aliphatic heterocycles. The number of aromatic nitrogens is 2. The van der Waals surface area contributed by atoms with Gasteiger partial charge in [0.1, 0.15) is 5.75 Å². The summed E-state index contributed by atoms with van der Waals surface area (Å²) < 4.78 is 79.8. The molecule has 1 aromatic heterocycles. The van der Waals surface area contributed by atoms with Crippen molar-refractivity contribution in [3.8, 4) is 5.75 Å². The number of halogens is 3. The van der Waals surface area contributed by atoms with Crippen molar-refractivity contribution in [2.24, 2.45) is 0 Å². The van der Waals surface area contributed by atoms with E-state index >= 15 is 0 Å². The highest BCUT2D eigenvalue weighted by Gasteiger charge is 2.34. The zero-order valence-electron chi connectivity index (χ0n) is 19.0. The van der Waals surface area contributed by atoms with Crippen LogP contribution in [0.15, 0.2) is 59.8 Å². The monoisotopic (exact) mass is 520 g/mol. The molecule has 0 aliphatic carbocycles. The molecule has 0 spiro atoms. The number of nitrogens with one attached hydrogen (secondary N) is 1. The highest BCUT2D eigenvalue weighted by atomic mass is 32.2. The lowest BCUT2D eigenvalue weighted by Gasteiger charge is -2.34. The van der Waals surface area contributed by atoms with Crippen LogP contribution in [0.3, 0.4) is 0 Å². The molecule has 2 aliphatic rings. The maximum absolute atomic E-state index is 13.5. The fourth-order valence-electron chi connectivity index (χ4n) is 4.48. The van der Waals surface area contributed by atoms with E-state index < -0.39 is 21.8 Å². The molecule has 1 saturated heterocycles. The van der Waals surface area contributed by atoms with E-state index in [-0.39, 0.29) is 16.8 Å². The molecule has 0 saturated carbocycles. The molecule has 190 valence electrons. The minimum Gasteiger partial charge on any atom is -0.493 e. The van der Waals surface area contributed by atoms with Crippen molar-refractivity contribution in [2.45, 2.75) is 23.4 Å². The summed E-state index contributed by atoms with van der Waals surface area (Å²) in [5.41, 5.74) is 1.24. The van der Waals surface area contributed by atoms with E-state index in [4.69, 9.17) is 9.47 Å². The van der Waals surface area contributed by atoms with Crippen LogP contribution in [-0.4, -0.2) is 51.3 Å². The Kier molecular flexibility index (Phi) is 6.47. The molecule has 0 bridgehead atoms. The quantitative estimate of drug-likeness (QED) is 0.543. The molecular weight excluding hydrogens is 497 g/mol. The van der Waals surface area contributed by atoms with Crippen LogP contribution in [0.4, 0.5) is 24.8 Å². The number of hydrogen-bond acceptors (Lipinski definition) is 7. The first-order valence-corrected chi connectivity index (χ1v) is 12.8. The lowest BCUT2D eigenvalue weighted by atomic mass is 9.85. The molecule has 12 heteroatoms. The van der Waals surface area contributed by atoms with Gasteiger partial charge in [0.25, 0.3) is 10.0 Å². The largest absolute Gasteiger partial charge is 0.493 e. The molecule has 0 amide bonds. The van der Waals surface area contributed by atoms with Gasteiger partial charge >= 0.3 is 6.18 Å². The molecule has 2 aromatic carbocycles. The molecule has 1 atom stereocenters. The summed E-state index contributed by atoms with van der Waals surface area (Å²) in [4.78, 5) is 9.64. The summed E-state index contributed by atoms with van der Waals surface area (Å²) in [5, 5.41) is 0. The number of hydrogen-bond donors (Lipinski definition) is 1. The minimum atomic E-state index is -4.47. The molecule has 5 rings (SSSR count). The fraction of sp³-hybridized carbons (Fsp3) is 0.333. The molecule has 1 unspecified atom stereocenters. The standard InChI is InChI=1S/C24H23F3N4O4S/c25-24(26,27)16-2-4-19(21(14-16)31-9-12-34-13-10-31)18-6-11-35-22-15-17(3-5-20(18)22)36(32,33)30-23-28-7-1-8-29-23/h1-5,7-8,14-15,18H,6,9-13H2,(H,28,29,30). The first-order chi connectivity index (χ1) is 17.2. The Morgan fingerprint density at radius 1 is 0.972 bits per heavy atom. The van der Waals surface area contributed by atoms with E-state index in [1.807, 2.05) is 4.90 Å². The predicted octanol–water partition coefficient (Wildman–Crippen LogP) is 4.05. The third-order valence-corrected chi connectivity index (χ3v) is 7.54. The van der Waals surface area contributed by atoms with E-state index in [0.717, 1.165) is 11.6 Å². The van der Waals surface area contributed by atoms with Crippen molar-refractivity contribution in [1.29, 1.82) is 0 Å². The van der Waals surface area contributed by atoms with Gasteiger partial charge in [0.05, 0.1) is 30.3 Å². The Labute approximate surface area is 206 Å². The molecule has 1 N–H and O–H groups in total. The predicted molar refractivity (Wildman–Crippen MR) is 126 cm³/mol. The van der Waals surface area contributed by atoms with Crippen LogP contribution in [0.1, 0.15) is 29.0 Å². The molecular formula is C24H23F3N4O4S. The second-order valence-corrected chi connectivity index (χ2v) is 10.1. The van der Waals surface area contributed by atoms with Crippen LogP contribution in [0.25, 0.3) is 0 Å². The Morgan fingerprint density at radius 2 is 1.69 bits per heavy atom. The summed E-state index contributed by atoms with van der Waals surface area (Å²) in [5.74, 6) is 0.0425. The van der Waals surface area contributed by atoms with Crippen LogP contribution >= 0.6 is 0 Å². The van der Waals surface area contributed by atoms with Crippen molar-refractivity contribution >= 4 is 21.7 Å². The summed E-state index contributed by atoms with van der Waals surface area (Å²) >= 11 is 0. The maximum atomic E-state index is 13.5. The number of fused-ring (bicyclic) bond motifs is 1. The Hall–Kier alpha value is -3.38. The van der Waals surface area contributed by atoms with Gasteiger partial charge in [0.15, 0.2) is 0 Å².